The third kappa shape index (κ3) is 4.85. The molecule has 3 aromatic rings. The Morgan fingerprint density at radius 2 is 1.79 bits per heavy atom. The first-order valence-corrected chi connectivity index (χ1v) is 9.16. The summed E-state index contributed by atoms with van der Waals surface area (Å²) < 4.78 is 5.15. The number of benzene rings is 2. The van der Waals surface area contributed by atoms with E-state index in [0.29, 0.717) is 18.3 Å². The number of amides is 1. The number of carbonyl (C=O) groups excluding carboxylic acids is 1. The number of ether oxygens (including phenoxy) is 1. The minimum absolute atomic E-state index is 0.272. The Hall–Kier alpha value is -3.41. The molecule has 0 bridgehead atoms. The van der Waals surface area contributed by atoms with E-state index in [1.807, 2.05) is 48.5 Å². The van der Waals surface area contributed by atoms with E-state index >= 15 is 0 Å². The zero-order chi connectivity index (χ0) is 19.9. The molecule has 2 aromatic carbocycles. The van der Waals surface area contributed by atoms with Crippen molar-refractivity contribution < 1.29 is 9.53 Å². The van der Waals surface area contributed by atoms with E-state index in [1.54, 1.807) is 13.3 Å². The average Bonchev–Trinajstić information content (AvgIpc) is 2.73. The van der Waals surface area contributed by atoms with Crippen molar-refractivity contribution in [3.63, 3.8) is 0 Å². The summed E-state index contributed by atoms with van der Waals surface area (Å²) in [6.45, 7) is 4.79. The van der Waals surface area contributed by atoms with Gasteiger partial charge in [0.2, 0.25) is 0 Å². The molecule has 1 aromatic heterocycles. The highest BCUT2D eigenvalue weighted by atomic mass is 16.5. The number of hydrogen-bond donors (Lipinski definition) is 2. The second-order valence-corrected chi connectivity index (χ2v) is 6.68. The van der Waals surface area contributed by atoms with Crippen molar-refractivity contribution in [2.24, 2.45) is 0 Å². The Bertz CT molecular complexity index is 922. The van der Waals surface area contributed by atoms with Gasteiger partial charge in [0.15, 0.2) is 0 Å². The van der Waals surface area contributed by atoms with Gasteiger partial charge in [-0.1, -0.05) is 44.2 Å². The summed E-state index contributed by atoms with van der Waals surface area (Å²) in [4.78, 5) is 21.0. The molecule has 144 valence electrons. The molecule has 0 fully saturated rings. The van der Waals surface area contributed by atoms with Gasteiger partial charge < -0.3 is 15.4 Å². The van der Waals surface area contributed by atoms with E-state index in [4.69, 9.17) is 4.74 Å². The van der Waals surface area contributed by atoms with E-state index in [9.17, 15) is 4.79 Å². The molecule has 0 saturated carbocycles. The van der Waals surface area contributed by atoms with Crippen molar-refractivity contribution in [1.82, 2.24) is 9.97 Å². The summed E-state index contributed by atoms with van der Waals surface area (Å²) in [5.74, 6) is 1.46. The summed E-state index contributed by atoms with van der Waals surface area (Å²) in [5.41, 5.74) is 3.25. The number of nitrogens with one attached hydrogen (secondary N) is 2. The van der Waals surface area contributed by atoms with Crippen molar-refractivity contribution >= 4 is 17.4 Å². The van der Waals surface area contributed by atoms with E-state index in [1.165, 1.54) is 6.20 Å². The smallest absolute Gasteiger partial charge is 0.275 e. The Labute approximate surface area is 165 Å². The highest BCUT2D eigenvalue weighted by Crippen LogP contribution is 2.24. The highest BCUT2D eigenvalue weighted by molar-refractivity contribution is 6.03. The molecule has 0 radical (unpaired) electrons. The number of nitrogens with zero attached hydrogens (tertiary/aromatic N) is 2. The van der Waals surface area contributed by atoms with Gasteiger partial charge in [0.05, 0.1) is 19.5 Å². The Balaban J connectivity index is 1.61. The zero-order valence-electron chi connectivity index (χ0n) is 16.3. The predicted octanol–water partition coefficient (Wildman–Crippen LogP) is 4.47. The molecule has 2 N–H and O–H groups in total. The molecule has 0 aliphatic carbocycles. The van der Waals surface area contributed by atoms with Gasteiger partial charge in [0.25, 0.3) is 5.91 Å². The topological polar surface area (TPSA) is 76.1 Å². The number of para-hydroxylation sites is 1. The van der Waals surface area contributed by atoms with Crippen LogP contribution in [-0.2, 0) is 6.54 Å². The fraction of sp³-hybridized carbons (Fsp3) is 0.227. The lowest BCUT2D eigenvalue weighted by Crippen LogP contribution is -2.16. The summed E-state index contributed by atoms with van der Waals surface area (Å²) in [6, 6.07) is 15.5. The largest absolute Gasteiger partial charge is 0.497 e. The molecule has 0 atom stereocenters. The quantitative estimate of drug-likeness (QED) is 0.636. The molecule has 6 nitrogen and oxygen atoms in total. The van der Waals surface area contributed by atoms with Crippen LogP contribution in [0.3, 0.4) is 0 Å². The Morgan fingerprint density at radius 1 is 1.04 bits per heavy atom. The first-order valence-electron chi connectivity index (χ1n) is 9.16. The monoisotopic (exact) mass is 376 g/mol. The summed E-state index contributed by atoms with van der Waals surface area (Å²) in [6.07, 6.45) is 3.04. The molecule has 0 aliphatic rings. The first kappa shape index (κ1) is 19.4. The molecule has 0 aliphatic heterocycles. The second kappa shape index (κ2) is 8.99. The maximum absolute atomic E-state index is 12.5. The number of aromatic nitrogens is 2. The Kier molecular flexibility index (Phi) is 6.22. The minimum atomic E-state index is -0.276. The van der Waals surface area contributed by atoms with Gasteiger partial charge >= 0.3 is 0 Å². The standard InChI is InChI=1S/C22H24N4O2/c1-15(2)18-6-4-5-7-19(18)26-22(27)20-13-25-21(14-23-20)24-12-16-8-10-17(28-3)11-9-16/h4-11,13-15H,12H2,1-3H3,(H,24,25)(H,26,27). The van der Waals surface area contributed by atoms with Gasteiger partial charge in [-0.25, -0.2) is 9.97 Å². The van der Waals surface area contributed by atoms with Crippen LogP contribution in [0.1, 0.15) is 41.4 Å². The van der Waals surface area contributed by atoms with Crippen LogP contribution in [0.15, 0.2) is 60.9 Å². The lowest BCUT2D eigenvalue weighted by molar-refractivity contribution is 0.102. The van der Waals surface area contributed by atoms with Crippen molar-refractivity contribution in [3.8, 4) is 5.75 Å². The fourth-order valence-electron chi connectivity index (χ4n) is 2.77. The molecular formula is C22H24N4O2. The van der Waals surface area contributed by atoms with Gasteiger partial charge in [-0.05, 0) is 35.2 Å². The van der Waals surface area contributed by atoms with Crippen LogP contribution in [0.25, 0.3) is 0 Å². The van der Waals surface area contributed by atoms with Crippen LogP contribution in [0.2, 0.25) is 0 Å². The molecule has 6 heteroatoms. The van der Waals surface area contributed by atoms with E-state index < -0.39 is 0 Å². The second-order valence-electron chi connectivity index (χ2n) is 6.68. The average molecular weight is 376 g/mol. The molecule has 3 rings (SSSR count). The van der Waals surface area contributed by atoms with Crippen LogP contribution in [-0.4, -0.2) is 23.0 Å². The number of rotatable bonds is 7. The summed E-state index contributed by atoms with van der Waals surface area (Å²) in [5, 5.41) is 6.11. The molecule has 0 unspecified atom stereocenters. The van der Waals surface area contributed by atoms with Crippen molar-refractivity contribution in [3.05, 3.63) is 77.7 Å². The lowest BCUT2D eigenvalue weighted by Gasteiger charge is -2.13. The Morgan fingerprint density at radius 3 is 2.43 bits per heavy atom. The molecule has 0 spiro atoms. The number of carbonyl (C=O) groups is 1. The van der Waals surface area contributed by atoms with E-state index in [-0.39, 0.29) is 11.6 Å². The number of methoxy groups -OCH3 is 1. The van der Waals surface area contributed by atoms with Crippen molar-refractivity contribution in [1.29, 1.82) is 0 Å². The van der Waals surface area contributed by atoms with E-state index in [2.05, 4.69) is 34.4 Å². The number of anilines is 2. The van der Waals surface area contributed by atoms with Crippen LogP contribution in [0, 0.1) is 0 Å². The van der Waals surface area contributed by atoms with Crippen molar-refractivity contribution in [2.45, 2.75) is 26.3 Å². The molecular weight excluding hydrogens is 352 g/mol. The summed E-state index contributed by atoms with van der Waals surface area (Å²) >= 11 is 0. The van der Waals surface area contributed by atoms with E-state index in [0.717, 1.165) is 22.6 Å². The summed E-state index contributed by atoms with van der Waals surface area (Å²) in [7, 11) is 1.64. The van der Waals surface area contributed by atoms with Crippen LogP contribution < -0.4 is 15.4 Å². The molecule has 1 amide bonds. The maximum atomic E-state index is 12.5. The normalized spacial score (nSPS) is 10.6. The molecule has 0 saturated heterocycles. The van der Waals surface area contributed by atoms with Gasteiger partial charge in [-0.3, -0.25) is 4.79 Å². The third-order valence-electron chi connectivity index (χ3n) is 4.35. The highest BCUT2D eigenvalue weighted by Gasteiger charge is 2.12. The zero-order valence-corrected chi connectivity index (χ0v) is 16.3. The van der Waals surface area contributed by atoms with Crippen LogP contribution in [0.5, 0.6) is 5.75 Å². The third-order valence-corrected chi connectivity index (χ3v) is 4.35. The minimum Gasteiger partial charge on any atom is -0.497 e. The maximum Gasteiger partial charge on any atom is 0.275 e. The van der Waals surface area contributed by atoms with Crippen molar-refractivity contribution in [2.75, 3.05) is 17.7 Å². The lowest BCUT2D eigenvalue weighted by atomic mass is 10.0. The number of hydrogen-bond acceptors (Lipinski definition) is 5. The van der Waals surface area contributed by atoms with Crippen LogP contribution >= 0.6 is 0 Å². The van der Waals surface area contributed by atoms with Crippen LogP contribution in [0.4, 0.5) is 11.5 Å². The SMILES string of the molecule is COc1ccc(CNc2cnc(C(=O)Nc3ccccc3C(C)C)cn2)cc1. The van der Waals surface area contributed by atoms with Gasteiger partial charge in [-0.15, -0.1) is 0 Å². The first-order chi connectivity index (χ1) is 13.6. The van der Waals surface area contributed by atoms with Gasteiger partial charge in [-0.2, -0.15) is 0 Å². The van der Waals surface area contributed by atoms with Gasteiger partial charge in [0.1, 0.15) is 17.3 Å². The molecule has 28 heavy (non-hydrogen) atoms. The molecule has 1 heterocycles. The fourth-order valence-corrected chi connectivity index (χ4v) is 2.77. The predicted molar refractivity (Wildman–Crippen MR) is 111 cm³/mol. The van der Waals surface area contributed by atoms with Gasteiger partial charge in [0, 0.05) is 12.2 Å².